The van der Waals surface area contributed by atoms with Crippen molar-refractivity contribution in [3.63, 3.8) is 0 Å². The van der Waals surface area contributed by atoms with Crippen molar-refractivity contribution >= 4 is 32.2 Å². The van der Waals surface area contributed by atoms with Crippen LogP contribution in [0.25, 0.3) is 44.2 Å². The van der Waals surface area contributed by atoms with Gasteiger partial charge in [-0.3, -0.25) is 0 Å². The zero-order valence-corrected chi connectivity index (χ0v) is 27.2. The van der Waals surface area contributed by atoms with Gasteiger partial charge in [-0.15, -0.1) is 10.0 Å². The molecule has 228 valence electrons. The maximum atomic E-state index is 3.73. The van der Waals surface area contributed by atoms with Crippen LogP contribution in [0.1, 0.15) is 0 Å². The van der Waals surface area contributed by atoms with Gasteiger partial charge in [-0.2, -0.15) is 0 Å². The van der Waals surface area contributed by atoms with Gasteiger partial charge >= 0.3 is 0 Å². The summed E-state index contributed by atoms with van der Waals surface area (Å²) >= 11 is 0. The van der Waals surface area contributed by atoms with Crippen molar-refractivity contribution in [2.24, 2.45) is 0 Å². The maximum absolute atomic E-state index is 3.73. The van der Waals surface area contributed by atoms with E-state index in [-0.39, 0.29) is 0 Å². The Bertz CT molecular complexity index is 2350. The van der Waals surface area contributed by atoms with E-state index in [0.29, 0.717) is 0 Å². The lowest BCUT2D eigenvalue weighted by atomic mass is 9.91. The predicted octanol–water partition coefficient (Wildman–Crippen LogP) is 13.2. The summed E-state index contributed by atoms with van der Waals surface area (Å²) in [6.45, 7) is 0. The third-order valence-corrected chi connectivity index (χ3v) is 13.5. The first-order valence-corrected chi connectivity index (χ1v) is 18.1. The highest BCUT2D eigenvalue weighted by Gasteiger charge is 2.41. The van der Waals surface area contributed by atoms with Crippen LogP contribution in [0.15, 0.2) is 214 Å². The molecule has 0 saturated carbocycles. The number of hydrogen-bond acceptors (Lipinski definition) is 1. The molecule has 0 spiro atoms. The first-order chi connectivity index (χ1) is 23.8. The number of anilines is 2. The Morgan fingerprint density at radius 2 is 0.833 bits per heavy atom. The third kappa shape index (κ3) is 4.57. The molecule has 1 heterocycles. The molecule has 0 bridgehead atoms. The Labute approximate surface area is 283 Å². The number of hydrogen-bond donors (Lipinski definition) is 1. The normalized spacial score (nSPS) is 13.4. The molecule has 1 N–H and O–H groups in total. The van der Waals surface area contributed by atoms with Crippen LogP contribution in [-0.2, 0) is 0 Å². The molecule has 0 saturated heterocycles. The molecule has 0 radical (unpaired) electrons. The fourth-order valence-corrected chi connectivity index (χ4v) is 11.6. The van der Waals surface area contributed by atoms with Gasteiger partial charge in [0.15, 0.2) is 0 Å². The topological polar surface area (TPSA) is 12.0 Å². The lowest BCUT2D eigenvalue weighted by Crippen LogP contribution is -2.01. The van der Waals surface area contributed by atoms with E-state index < -0.39 is 10.0 Å². The maximum Gasteiger partial charge on any atom is 0.0391 e. The molecule has 0 aliphatic carbocycles. The van der Waals surface area contributed by atoms with Crippen molar-refractivity contribution < 1.29 is 0 Å². The molecule has 8 aromatic rings. The van der Waals surface area contributed by atoms with Crippen LogP contribution in [0, 0.1) is 0 Å². The van der Waals surface area contributed by atoms with Gasteiger partial charge in [0, 0.05) is 31.0 Å². The highest BCUT2D eigenvalue weighted by molar-refractivity contribution is 8.34. The molecule has 0 aromatic heterocycles. The monoisotopic (exact) mass is 631 g/mol. The van der Waals surface area contributed by atoms with E-state index in [0.717, 1.165) is 11.4 Å². The zero-order chi connectivity index (χ0) is 31.9. The summed E-state index contributed by atoms with van der Waals surface area (Å²) in [5.41, 5.74) is 9.72. The minimum absolute atomic E-state index is 1.07. The Kier molecular flexibility index (Phi) is 6.96. The molecule has 1 aliphatic heterocycles. The third-order valence-electron chi connectivity index (χ3n) is 9.48. The SMILES string of the molecule is c1ccc(-c2cccc3cccc(-c4ccc(Nc5ccc6c(c5)-c5ccccc5S6(c5ccccc5)c5ccccc5)cc4)c23)cc1. The van der Waals surface area contributed by atoms with Gasteiger partial charge < -0.3 is 5.32 Å². The van der Waals surface area contributed by atoms with Crippen molar-refractivity contribution in [2.45, 2.75) is 19.6 Å². The molecule has 48 heavy (non-hydrogen) atoms. The van der Waals surface area contributed by atoms with Crippen molar-refractivity contribution in [3.05, 3.63) is 194 Å². The summed E-state index contributed by atoms with van der Waals surface area (Å²) in [5.74, 6) is 0. The van der Waals surface area contributed by atoms with Crippen LogP contribution in [0.3, 0.4) is 0 Å². The van der Waals surface area contributed by atoms with E-state index in [1.807, 2.05) is 0 Å². The van der Waals surface area contributed by atoms with Crippen LogP contribution in [0.4, 0.5) is 11.4 Å². The van der Waals surface area contributed by atoms with Gasteiger partial charge in [0.25, 0.3) is 0 Å². The first kappa shape index (κ1) is 28.4. The largest absolute Gasteiger partial charge is 0.356 e. The molecular weight excluding hydrogens is 599 g/mol. The van der Waals surface area contributed by atoms with Crippen LogP contribution < -0.4 is 5.32 Å². The lowest BCUT2D eigenvalue weighted by Gasteiger charge is -2.39. The van der Waals surface area contributed by atoms with E-state index in [1.165, 1.54) is 63.7 Å². The molecule has 1 nitrogen and oxygen atoms in total. The molecule has 9 rings (SSSR count). The Morgan fingerprint density at radius 1 is 0.333 bits per heavy atom. The first-order valence-electron chi connectivity index (χ1n) is 16.4. The van der Waals surface area contributed by atoms with E-state index >= 15 is 0 Å². The Hall–Kier alpha value is -5.83. The summed E-state index contributed by atoms with van der Waals surface area (Å²) in [6, 6.07) is 70.9. The van der Waals surface area contributed by atoms with E-state index in [9.17, 15) is 0 Å². The second kappa shape index (κ2) is 11.8. The Balaban J connectivity index is 1.10. The minimum atomic E-state index is -1.63. The van der Waals surface area contributed by atoms with Gasteiger partial charge in [0.1, 0.15) is 0 Å². The fourth-order valence-electron chi connectivity index (χ4n) is 7.39. The highest BCUT2D eigenvalue weighted by Crippen LogP contribution is 2.80. The smallest absolute Gasteiger partial charge is 0.0391 e. The molecule has 0 atom stereocenters. The summed E-state index contributed by atoms with van der Waals surface area (Å²) in [5, 5.41) is 6.27. The Morgan fingerprint density at radius 3 is 1.48 bits per heavy atom. The van der Waals surface area contributed by atoms with Gasteiger partial charge in [-0.25, -0.2) is 0 Å². The average molecular weight is 632 g/mol. The van der Waals surface area contributed by atoms with Crippen LogP contribution >= 0.6 is 10.0 Å². The van der Waals surface area contributed by atoms with Crippen LogP contribution in [0.2, 0.25) is 0 Å². The predicted molar refractivity (Wildman–Crippen MR) is 204 cm³/mol. The van der Waals surface area contributed by atoms with Gasteiger partial charge in [0.05, 0.1) is 0 Å². The number of nitrogens with one attached hydrogen (secondary N) is 1. The van der Waals surface area contributed by atoms with Gasteiger partial charge in [-0.1, -0.05) is 133 Å². The highest BCUT2D eigenvalue weighted by atomic mass is 32.3. The molecule has 0 fully saturated rings. The van der Waals surface area contributed by atoms with E-state index in [4.69, 9.17) is 0 Å². The van der Waals surface area contributed by atoms with E-state index in [1.54, 1.807) is 0 Å². The number of fused-ring (bicyclic) bond motifs is 4. The van der Waals surface area contributed by atoms with Crippen molar-refractivity contribution in [2.75, 3.05) is 5.32 Å². The molecule has 8 aromatic carbocycles. The molecule has 0 unspecified atom stereocenters. The quantitative estimate of drug-likeness (QED) is 0.193. The summed E-state index contributed by atoms with van der Waals surface area (Å²) < 4.78 is 0. The van der Waals surface area contributed by atoms with E-state index in [2.05, 4.69) is 199 Å². The lowest BCUT2D eigenvalue weighted by molar-refractivity contribution is 1.29. The van der Waals surface area contributed by atoms with Crippen LogP contribution in [-0.4, -0.2) is 0 Å². The van der Waals surface area contributed by atoms with Crippen LogP contribution in [0.5, 0.6) is 0 Å². The minimum Gasteiger partial charge on any atom is -0.356 e. The standard InChI is InChI=1S/C46H33NS/c1-4-14-33(15-5-1)40-23-12-16-35-17-13-24-41(46(35)40)34-26-28-36(29-27-34)47-37-30-31-45-43(32-37)42-22-10-11-25-44(42)48(45,38-18-6-2-7-19-38)39-20-8-3-9-21-39/h1-32,47H. The second-order valence-electron chi connectivity index (χ2n) is 12.2. The zero-order valence-electron chi connectivity index (χ0n) is 26.4. The van der Waals surface area contributed by atoms with Gasteiger partial charge in [-0.05, 0) is 105 Å². The van der Waals surface area contributed by atoms with Gasteiger partial charge in [0.2, 0.25) is 0 Å². The second-order valence-corrected chi connectivity index (χ2v) is 15.3. The number of rotatable bonds is 6. The van der Waals surface area contributed by atoms with Crippen molar-refractivity contribution in [3.8, 4) is 33.4 Å². The van der Waals surface area contributed by atoms with Crippen molar-refractivity contribution in [1.29, 1.82) is 0 Å². The van der Waals surface area contributed by atoms with Crippen molar-refractivity contribution in [1.82, 2.24) is 0 Å². The molecular formula is C46H33NS. The summed E-state index contributed by atoms with van der Waals surface area (Å²) in [7, 11) is -1.63. The molecule has 0 amide bonds. The summed E-state index contributed by atoms with van der Waals surface area (Å²) in [6.07, 6.45) is 0. The fraction of sp³-hybridized carbons (Fsp3) is 0. The average Bonchev–Trinajstić information content (AvgIpc) is 3.46. The molecule has 2 heteroatoms. The molecule has 1 aliphatic rings. The number of benzene rings is 8. The summed E-state index contributed by atoms with van der Waals surface area (Å²) in [4.78, 5) is 5.53.